The summed E-state index contributed by atoms with van der Waals surface area (Å²) in [5, 5.41) is 4.06. The SMILES string of the molecule is Cc1noc(C)c1CN1CCCC2(CCN(Cc3cccnc3)C2=O)C1. The Bertz CT molecular complexity index is 769. The van der Waals surface area contributed by atoms with Crippen molar-refractivity contribution in [2.24, 2.45) is 5.41 Å². The highest BCUT2D eigenvalue weighted by Crippen LogP contribution is 2.41. The minimum absolute atomic E-state index is 0.223. The maximum absolute atomic E-state index is 13.2. The molecule has 1 spiro atoms. The molecule has 0 radical (unpaired) electrons. The summed E-state index contributed by atoms with van der Waals surface area (Å²) >= 11 is 0. The van der Waals surface area contributed by atoms with Gasteiger partial charge in [0.15, 0.2) is 0 Å². The quantitative estimate of drug-likeness (QED) is 0.845. The van der Waals surface area contributed by atoms with Gasteiger partial charge in [-0.25, -0.2) is 0 Å². The number of aromatic nitrogens is 2. The highest BCUT2D eigenvalue weighted by molar-refractivity contribution is 5.85. The number of piperidine rings is 1. The van der Waals surface area contributed by atoms with Gasteiger partial charge in [-0.05, 0) is 51.3 Å². The topological polar surface area (TPSA) is 62.5 Å². The van der Waals surface area contributed by atoms with Crippen molar-refractivity contribution in [2.75, 3.05) is 19.6 Å². The lowest BCUT2D eigenvalue weighted by Crippen LogP contribution is -2.47. The van der Waals surface area contributed by atoms with Crippen LogP contribution in [0, 0.1) is 19.3 Å². The Labute approximate surface area is 154 Å². The van der Waals surface area contributed by atoms with Crippen LogP contribution < -0.4 is 0 Å². The van der Waals surface area contributed by atoms with Crippen LogP contribution in [0.2, 0.25) is 0 Å². The van der Waals surface area contributed by atoms with Crippen LogP contribution in [0.25, 0.3) is 0 Å². The van der Waals surface area contributed by atoms with Crippen molar-refractivity contribution in [3.63, 3.8) is 0 Å². The molecule has 4 heterocycles. The lowest BCUT2D eigenvalue weighted by Gasteiger charge is -2.39. The number of pyridine rings is 1. The summed E-state index contributed by atoms with van der Waals surface area (Å²) in [6.45, 7) is 8.14. The van der Waals surface area contributed by atoms with Gasteiger partial charge >= 0.3 is 0 Å². The molecule has 2 saturated heterocycles. The van der Waals surface area contributed by atoms with Crippen LogP contribution in [0.3, 0.4) is 0 Å². The monoisotopic (exact) mass is 354 g/mol. The molecule has 6 heteroatoms. The van der Waals surface area contributed by atoms with Gasteiger partial charge in [0.25, 0.3) is 0 Å². The molecule has 0 saturated carbocycles. The maximum atomic E-state index is 13.2. The summed E-state index contributed by atoms with van der Waals surface area (Å²) in [4.78, 5) is 21.8. The molecule has 0 aliphatic carbocycles. The third kappa shape index (κ3) is 3.14. The second kappa shape index (κ2) is 6.83. The van der Waals surface area contributed by atoms with Gasteiger partial charge in [-0.15, -0.1) is 0 Å². The van der Waals surface area contributed by atoms with Gasteiger partial charge in [-0.1, -0.05) is 11.2 Å². The average Bonchev–Trinajstić information content (AvgIpc) is 3.12. The van der Waals surface area contributed by atoms with E-state index in [1.54, 1.807) is 6.20 Å². The summed E-state index contributed by atoms with van der Waals surface area (Å²) in [6, 6.07) is 3.97. The number of carbonyl (C=O) groups is 1. The maximum Gasteiger partial charge on any atom is 0.230 e. The Morgan fingerprint density at radius 3 is 2.85 bits per heavy atom. The number of nitrogens with zero attached hydrogens (tertiary/aromatic N) is 4. The number of aryl methyl sites for hydroxylation is 2. The molecular weight excluding hydrogens is 328 g/mol. The predicted molar refractivity (Wildman–Crippen MR) is 97.2 cm³/mol. The zero-order valence-electron chi connectivity index (χ0n) is 15.6. The molecule has 2 aromatic rings. The van der Waals surface area contributed by atoms with Crippen molar-refractivity contribution in [1.82, 2.24) is 19.9 Å². The third-order valence-electron chi connectivity index (χ3n) is 5.92. The molecule has 0 aromatic carbocycles. The van der Waals surface area contributed by atoms with E-state index in [2.05, 4.69) is 15.0 Å². The van der Waals surface area contributed by atoms with Gasteiger partial charge in [0.05, 0.1) is 11.1 Å². The smallest absolute Gasteiger partial charge is 0.230 e. The van der Waals surface area contributed by atoms with Crippen molar-refractivity contribution in [2.45, 2.75) is 46.2 Å². The first-order valence-corrected chi connectivity index (χ1v) is 9.40. The Balaban J connectivity index is 1.45. The molecule has 138 valence electrons. The predicted octanol–water partition coefficient (Wildman–Crippen LogP) is 2.70. The van der Waals surface area contributed by atoms with Crippen molar-refractivity contribution in [3.05, 3.63) is 47.1 Å². The van der Waals surface area contributed by atoms with Gasteiger partial charge in [-0.3, -0.25) is 14.7 Å². The normalized spacial score (nSPS) is 23.9. The average molecular weight is 354 g/mol. The van der Waals surface area contributed by atoms with Crippen LogP contribution in [0.1, 0.15) is 41.8 Å². The first-order chi connectivity index (χ1) is 12.6. The molecule has 1 amide bonds. The van der Waals surface area contributed by atoms with Crippen LogP contribution in [-0.4, -0.2) is 45.5 Å². The van der Waals surface area contributed by atoms with Gasteiger partial charge in [0.2, 0.25) is 5.91 Å². The van der Waals surface area contributed by atoms with E-state index < -0.39 is 0 Å². The zero-order valence-corrected chi connectivity index (χ0v) is 15.6. The van der Waals surface area contributed by atoms with Crippen LogP contribution in [0.5, 0.6) is 0 Å². The van der Waals surface area contributed by atoms with Crippen molar-refractivity contribution in [3.8, 4) is 0 Å². The second-order valence-electron chi connectivity index (χ2n) is 7.74. The van der Waals surface area contributed by atoms with E-state index in [4.69, 9.17) is 4.52 Å². The molecule has 2 aliphatic rings. The minimum Gasteiger partial charge on any atom is -0.361 e. The summed E-state index contributed by atoms with van der Waals surface area (Å²) in [5.74, 6) is 1.20. The van der Waals surface area contributed by atoms with Crippen LogP contribution in [0.15, 0.2) is 29.0 Å². The number of likely N-dealkylation sites (tertiary alicyclic amines) is 2. The van der Waals surface area contributed by atoms with E-state index in [0.29, 0.717) is 12.5 Å². The Kier molecular flexibility index (Phi) is 4.53. The molecule has 1 unspecified atom stereocenters. The Hall–Kier alpha value is -2.21. The first-order valence-electron chi connectivity index (χ1n) is 9.40. The van der Waals surface area contributed by atoms with E-state index in [1.807, 2.05) is 37.1 Å². The molecule has 0 bridgehead atoms. The molecule has 26 heavy (non-hydrogen) atoms. The summed E-state index contributed by atoms with van der Waals surface area (Å²) in [7, 11) is 0. The van der Waals surface area contributed by atoms with Crippen LogP contribution in [-0.2, 0) is 17.9 Å². The van der Waals surface area contributed by atoms with E-state index in [0.717, 1.165) is 62.5 Å². The molecular formula is C20H26N4O2. The minimum atomic E-state index is -0.223. The Morgan fingerprint density at radius 1 is 1.23 bits per heavy atom. The van der Waals surface area contributed by atoms with Crippen molar-refractivity contribution < 1.29 is 9.32 Å². The fraction of sp³-hybridized carbons (Fsp3) is 0.550. The largest absolute Gasteiger partial charge is 0.361 e. The zero-order chi connectivity index (χ0) is 18.1. The summed E-state index contributed by atoms with van der Waals surface area (Å²) in [5.41, 5.74) is 3.00. The van der Waals surface area contributed by atoms with Crippen LogP contribution in [0.4, 0.5) is 0 Å². The molecule has 2 aromatic heterocycles. The molecule has 2 aliphatic heterocycles. The number of hydrogen-bond donors (Lipinski definition) is 0. The van der Waals surface area contributed by atoms with E-state index >= 15 is 0 Å². The van der Waals surface area contributed by atoms with Crippen LogP contribution >= 0.6 is 0 Å². The number of hydrogen-bond acceptors (Lipinski definition) is 5. The van der Waals surface area contributed by atoms with Crippen molar-refractivity contribution in [1.29, 1.82) is 0 Å². The first kappa shape index (κ1) is 17.2. The summed E-state index contributed by atoms with van der Waals surface area (Å²) in [6.07, 6.45) is 6.63. The summed E-state index contributed by atoms with van der Waals surface area (Å²) < 4.78 is 5.30. The van der Waals surface area contributed by atoms with Gasteiger partial charge in [-0.2, -0.15) is 0 Å². The number of carbonyl (C=O) groups excluding carboxylic acids is 1. The van der Waals surface area contributed by atoms with Gasteiger partial charge in [0.1, 0.15) is 5.76 Å². The Morgan fingerprint density at radius 2 is 2.12 bits per heavy atom. The molecule has 0 N–H and O–H groups in total. The lowest BCUT2D eigenvalue weighted by atomic mass is 9.78. The van der Waals surface area contributed by atoms with Crippen molar-refractivity contribution >= 4 is 5.91 Å². The third-order valence-corrected chi connectivity index (χ3v) is 5.92. The standard InChI is InChI=1S/C20H26N4O2/c1-15-18(16(2)26-22-15)13-23-9-4-6-20(14-23)7-10-24(19(20)25)12-17-5-3-8-21-11-17/h3,5,8,11H,4,6-7,9-10,12-14H2,1-2H3. The second-order valence-corrected chi connectivity index (χ2v) is 7.74. The fourth-order valence-electron chi connectivity index (χ4n) is 4.45. The van der Waals surface area contributed by atoms with Gasteiger partial charge < -0.3 is 9.42 Å². The highest BCUT2D eigenvalue weighted by Gasteiger charge is 2.48. The molecule has 4 rings (SSSR count). The molecule has 6 nitrogen and oxygen atoms in total. The van der Waals surface area contributed by atoms with Gasteiger partial charge in [0, 0.05) is 44.1 Å². The lowest BCUT2D eigenvalue weighted by molar-refractivity contribution is -0.139. The fourth-order valence-corrected chi connectivity index (χ4v) is 4.45. The molecule has 2 fully saturated rings. The highest BCUT2D eigenvalue weighted by atomic mass is 16.5. The van der Waals surface area contributed by atoms with E-state index in [-0.39, 0.29) is 5.41 Å². The number of amides is 1. The van der Waals surface area contributed by atoms with E-state index in [9.17, 15) is 4.79 Å². The van der Waals surface area contributed by atoms with E-state index in [1.165, 1.54) is 5.56 Å². The number of rotatable bonds is 4. The molecule has 1 atom stereocenters.